The molecule has 1 aromatic heterocycles. The predicted molar refractivity (Wildman–Crippen MR) is 205 cm³/mol. The van der Waals surface area contributed by atoms with Gasteiger partial charge in [0.2, 0.25) is 11.8 Å². The van der Waals surface area contributed by atoms with Crippen LogP contribution in [0.2, 0.25) is 0 Å². The third-order valence-corrected chi connectivity index (χ3v) is 9.58. The van der Waals surface area contributed by atoms with Gasteiger partial charge in [0.05, 0.1) is 12.1 Å². The fourth-order valence-corrected chi connectivity index (χ4v) is 6.96. The van der Waals surface area contributed by atoms with Crippen LogP contribution in [0.25, 0.3) is 0 Å². The molecule has 0 aliphatic carbocycles. The van der Waals surface area contributed by atoms with E-state index in [9.17, 15) is 14.4 Å². The van der Waals surface area contributed by atoms with E-state index in [0.717, 1.165) is 68.4 Å². The summed E-state index contributed by atoms with van der Waals surface area (Å²) < 4.78 is 0. The number of anilines is 1. The number of fused-ring (bicyclic) bond motifs is 1. The summed E-state index contributed by atoms with van der Waals surface area (Å²) in [7, 11) is 4.03. The quantitative estimate of drug-likeness (QED) is 0.0797. The van der Waals surface area contributed by atoms with Crippen molar-refractivity contribution in [2.45, 2.75) is 130 Å². The predicted octanol–water partition coefficient (Wildman–Crippen LogP) is 9.37. The fourth-order valence-electron chi connectivity index (χ4n) is 5.68. The minimum atomic E-state index is -0.147. The number of hydrogen-bond donors (Lipinski definition) is 2. The number of thiophene rings is 1. The Labute approximate surface area is 296 Å². The van der Waals surface area contributed by atoms with Gasteiger partial charge in [-0.25, -0.2) is 0 Å². The minimum absolute atomic E-state index is 0.139. The molecule has 2 heterocycles. The Balaban J connectivity index is 1.83. The molecule has 1 aliphatic heterocycles. The van der Waals surface area contributed by atoms with Gasteiger partial charge < -0.3 is 20.4 Å². The smallest absolute Gasteiger partial charge is 0.254 e. The van der Waals surface area contributed by atoms with Crippen molar-refractivity contribution in [3.05, 3.63) is 64.6 Å². The fraction of sp³-hybridized carbons (Fsp3) is 0.625. The van der Waals surface area contributed by atoms with Crippen molar-refractivity contribution in [3.63, 3.8) is 0 Å². The van der Waals surface area contributed by atoms with Crippen LogP contribution in [0.15, 0.2) is 48.6 Å². The molecule has 48 heavy (non-hydrogen) atoms. The molecule has 268 valence electrons. The van der Waals surface area contributed by atoms with Crippen molar-refractivity contribution in [1.29, 1.82) is 0 Å². The Hall–Kier alpha value is -2.97. The summed E-state index contributed by atoms with van der Waals surface area (Å²) in [6.07, 6.45) is 34.1. The second kappa shape index (κ2) is 26.0. The van der Waals surface area contributed by atoms with E-state index < -0.39 is 0 Å². The molecule has 0 saturated carbocycles. The average Bonchev–Trinajstić information content (AvgIpc) is 3.43. The van der Waals surface area contributed by atoms with Gasteiger partial charge in [-0.05, 0) is 90.4 Å². The van der Waals surface area contributed by atoms with Gasteiger partial charge in [-0.1, -0.05) is 94.6 Å². The molecule has 0 atom stereocenters. The molecule has 1 aliphatic rings. The maximum absolute atomic E-state index is 13.4. The summed E-state index contributed by atoms with van der Waals surface area (Å²) in [5.74, 6) is -0.103. The first-order valence-electron chi connectivity index (χ1n) is 18.6. The largest absolute Gasteiger partial charge is 0.352 e. The molecule has 2 N–H and O–H groups in total. The SMILES string of the molecule is CC/C=C\C/C=C\CC(=O)Nc1sc2c(c1C(=O)NCCCN(C)C)CCN(C(=O)CCCCCCC/C=C\C/C=C\CCCCC)C2. The summed E-state index contributed by atoms with van der Waals surface area (Å²) in [5.41, 5.74) is 1.55. The molecule has 8 heteroatoms. The van der Waals surface area contributed by atoms with Crippen molar-refractivity contribution < 1.29 is 14.4 Å². The lowest BCUT2D eigenvalue weighted by Gasteiger charge is -2.27. The summed E-state index contributed by atoms with van der Waals surface area (Å²) >= 11 is 1.44. The number of unbranched alkanes of at least 4 members (excludes halogenated alkanes) is 8. The Morgan fingerprint density at radius 1 is 0.812 bits per heavy atom. The number of nitrogens with one attached hydrogen (secondary N) is 2. The number of allylic oxidation sites excluding steroid dienone is 7. The highest BCUT2D eigenvalue weighted by atomic mass is 32.1. The number of carbonyl (C=O) groups excluding carboxylic acids is 3. The van der Waals surface area contributed by atoms with Crippen molar-refractivity contribution >= 4 is 34.1 Å². The standard InChI is InChI=1S/C40H64N4O3S/c1-5-7-9-11-13-14-15-16-17-18-19-20-21-23-25-28-37(46)44-32-29-34-35(33-44)48-40(38(34)39(47)41-30-26-31-43(3)4)42-36(45)27-24-22-12-10-8-6-2/h8,10,13-14,16-17,22,24H,5-7,9,11-12,15,18-21,23,25-33H2,1-4H3,(H,41,47)(H,42,45)/b10-8-,14-13-,17-16-,24-22-. The Kier molecular flexibility index (Phi) is 22.3. The Morgan fingerprint density at radius 3 is 2.19 bits per heavy atom. The van der Waals surface area contributed by atoms with E-state index in [2.05, 4.69) is 65.8 Å². The first-order valence-corrected chi connectivity index (χ1v) is 19.4. The number of nitrogens with zero attached hydrogens (tertiary/aromatic N) is 2. The van der Waals surface area contributed by atoms with Gasteiger partial charge in [-0.3, -0.25) is 14.4 Å². The first kappa shape index (κ1) is 41.2. The van der Waals surface area contributed by atoms with Crippen molar-refractivity contribution in [1.82, 2.24) is 15.1 Å². The number of rotatable bonds is 25. The zero-order chi connectivity index (χ0) is 34.8. The molecule has 0 saturated heterocycles. The highest BCUT2D eigenvalue weighted by Gasteiger charge is 2.30. The molecule has 0 aromatic carbocycles. The molecule has 2 rings (SSSR count). The van der Waals surface area contributed by atoms with Gasteiger partial charge in [0.25, 0.3) is 5.91 Å². The van der Waals surface area contributed by atoms with E-state index in [0.29, 0.717) is 43.0 Å². The normalized spacial score (nSPS) is 13.5. The third-order valence-electron chi connectivity index (χ3n) is 8.44. The van der Waals surface area contributed by atoms with E-state index in [1.807, 2.05) is 31.1 Å². The maximum Gasteiger partial charge on any atom is 0.254 e. The topological polar surface area (TPSA) is 81.8 Å². The van der Waals surface area contributed by atoms with Crippen molar-refractivity contribution in [2.24, 2.45) is 0 Å². The van der Waals surface area contributed by atoms with Gasteiger partial charge >= 0.3 is 0 Å². The highest BCUT2D eigenvalue weighted by Crippen LogP contribution is 2.37. The molecule has 1 aromatic rings. The van der Waals surface area contributed by atoms with E-state index in [1.54, 1.807) is 0 Å². The Morgan fingerprint density at radius 2 is 1.48 bits per heavy atom. The van der Waals surface area contributed by atoms with Gasteiger partial charge in [-0.15, -0.1) is 11.3 Å². The molecule has 0 radical (unpaired) electrons. The number of hydrogen-bond acceptors (Lipinski definition) is 5. The zero-order valence-corrected chi connectivity index (χ0v) is 31.3. The second-order valence-corrected chi connectivity index (χ2v) is 14.1. The van der Waals surface area contributed by atoms with Crippen LogP contribution in [-0.2, 0) is 22.6 Å². The summed E-state index contributed by atoms with van der Waals surface area (Å²) in [6, 6.07) is 0. The molecular formula is C40H64N4O3S. The second-order valence-electron chi connectivity index (χ2n) is 13.0. The van der Waals surface area contributed by atoms with Crippen LogP contribution in [0.3, 0.4) is 0 Å². The van der Waals surface area contributed by atoms with Gasteiger partial charge in [0.15, 0.2) is 0 Å². The van der Waals surface area contributed by atoms with Crippen LogP contribution in [0, 0.1) is 0 Å². The highest BCUT2D eigenvalue weighted by molar-refractivity contribution is 7.17. The molecule has 0 unspecified atom stereocenters. The number of amides is 3. The van der Waals surface area contributed by atoms with Crippen LogP contribution >= 0.6 is 11.3 Å². The van der Waals surface area contributed by atoms with E-state index in [4.69, 9.17) is 0 Å². The summed E-state index contributed by atoms with van der Waals surface area (Å²) in [6.45, 7) is 6.89. The zero-order valence-electron chi connectivity index (χ0n) is 30.5. The summed E-state index contributed by atoms with van der Waals surface area (Å²) in [4.78, 5) is 44.4. The molecule has 7 nitrogen and oxygen atoms in total. The van der Waals surface area contributed by atoms with Gasteiger partial charge in [-0.2, -0.15) is 0 Å². The van der Waals surface area contributed by atoms with E-state index in [1.165, 1.54) is 49.9 Å². The van der Waals surface area contributed by atoms with E-state index in [-0.39, 0.29) is 24.1 Å². The molecule has 0 fully saturated rings. The third kappa shape index (κ3) is 17.4. The molecular weight excluding hydrogens is 617 g/mol. The van der Waals surface area contributed by atoms with Crippen LogP contribution in [0.5, 0.6) is 0 Å². The van der Waals surface area contributed by atoms with Crippen molar-refractivity contribution in [3.8, 4) is 0 Å². The average molecular weight is 681 g/mol. The lowest BCUT2D eigenvalue weighted by atomic mass is 10.0. The van der Waals surface area contributed by atoms with E-state index >= 15 is 0 Å². The molecule has 3 amide bonds. The van der Waals surface area contributed by atoms with Crippen LogP contribution in [0.1, 0.15) is 137 Å². The monoisotopic (exact) mass is 680 g/mol. The van der Waals surface area contributed by atoms with Crippen LogP contribution in [0.4, 0.5) is 5.00 Å². The van der Waals surface area contributed by atoms with Gasteiger partial charge in [0.1, 0.15) is 5.00 Å². The Bertz CT molecular complexity index is 1200. The first-order chi connectivity index (χ1) is 23.4. The van der Waals surface area contributed by atoms with Crippen molar-refractivity contribution in [2.75, 3.05) is 39.0 Å². The molecule has 0 bridgehead atoms. The lowest BCUT2D eigenvalue weighted by Crippen LogP contribution is -2.36. The minimum Gasteiger partial charge on any atom is -0.352 e. The molecule has 0 spiro atoms. The summed E-state index contributed by atoms with van der Waals surface area (Å²) in [5, 5.41) is 6.68. The lowest BCUT2D eigenvalue weighted by molar-refractivity contribution is -0.132. The van der Waals surface area contributed by atoms with Gasteiger partial charge in [0, 0.05) is 30.8 Å². The number of carbonyl (C=O) groups is 3. The van der Waals surface area contributed by atoms with Crippen LogP contribution in [-0.4, -0.2) is 61.3 Å². The maximum atomic E-state index is 13.4. The van der Waals surface area contributed by atoms with Crippen LogP contribution < -0.4 is 10.6 Å².